The fraction of sp³-hybridized carbons (Fsp3) is 0.500. The first-order chi connectivity index (χ1) is 9.17. The molecule has 2 rings (SSSR count). The van der Waals surface area contributed by atoms with E-state index in [9.17, 15) is 9.90 Å². The summed E-state index contributed by atoms with van der Waals surface area (Å²) in [5.41, 5.74) is 1.84. The molecule has 0 radical (unpaired) electrons. The van der Waals surface area contributed by atoms with Crippen molar-refractivity contribution in [1.29, 1.82) is 0 Å². The maximum absolute atomic E-state index is 11.5. The summed E-state index contributed by atoms with van der Waals surface area (Å²) in [6.45, 7) is 3.91. The van der Waals surface area contributed by atoms with Crippen molar-refractivity contribution in [3.05, 3.63) is 29.0 Å². The van der Waals surface area contributed by atoms with E-state index < -0.39 is 5.97 Å². The van der Waals surface area contributed by atoms with Crippen LogP contribution in [0.5, 0.6) is 0 Å². The SMILES string of the molecule is CCc1nnc(NC2CC=CC2)c(C(=O)O)c1CC. The highest BCUT2D eigenvalue weighted by molar-refractivity contribution is 5.95. The third-order valence-electron chi connectivity index (χ3n) is 3.41. The third-order valence-corrected chi connectivity index (χ3v) is 3.41. The topological polar surface area (TPSA) is 75.1 Å². The summed E-state index contributed by atoms with van der Waals surface area (Å²) in [5.74, 6) is -0.537. The van der Waals surface area contributed by atoms with Crippen LogP contribution in [0.4, 0.5) is 5.82 Å². The van der Waals surface area contributed by atoms with E-state index in [0.717, 1.165) is 24.1 Å². The van der Waals surface area contributed by atoms with Crippen LogP contribution in [0, 0.1) is 0 Å². The average Bonchev–Trinajstić information content (AvgIpc) is 2.90. The normalized spacial score (nSPS) is 14.8. The number of aromatic carboxylic acids is 1. The van der Waals surface area contributed by atoms with E-state index in [1.54, 1.807) is 0 Å². The first-order valence-corrected chi connectivity index (χ1v) is 6.70. The standard InChI is InChI=1S/C14H19N3O2/c1-3-10-11(4-2)16-17-13(12(10)14(18)19)15-9-7-5-6-8-9/h5-6,9H,3-4,7-8H2,1-2H3,(H,15,17)(H,18,19). The Hall–Kier alpha value is -1.91. The molecule has 0 saturated heterocycles. The predicted octanol–water partition coefficient (Wildman–Crippen LogP) is 2.43. The molecule has 0 unspecified atom stereocenters. The molecule has 0 aliphatic heterocycles. The van der Waals surface area contributed by atoms with Gasteiger partial charge in [0.15, 0.2) is 5.82 Å². The summed E-state index contributed by atoms with van der Waals surface area (Å²) in [6, 6.07) is 0.226. The highest BCUT2D eigenvalue weighted by atomic mass is 16.4. The molecule has 0 saturated carbocycles. The van der Waals surface area contributed by atoms with Crippen LogP contribution in [0.15, 0.2) is 12.2 Å². The Morgan fingerprint density at radius 3 is 2.53 bits per heavy atom. The van der Waals surface area contributed by atoms with Gasteiger partial charge in [-0.15, -0.1) is 5.10 Å². The van der Waals surface area contributed by atoms with Gasteiger partial charge in [-0.2, -0.15) is 5.10 Å². The maximum Gasteiger partial charge on any atom is 0.339 e. The predicted molar refractivity (Wildman–Crippen MR) is 73.5 cm³/mol. The van der Waals surface area contributed by atoms with Crippen LogP contribution in [-0.4, -0.2) is 27.3 Å². The second-order valence-electron chi connectivity index (χ2n) is 4.65. The van der Waals surface area contributed by atoms with Gasteiger partial charge in [-0.05, 0) is 31.2 Å². The molecule has 102 valence electrons. The second-order valence-corrected chi connectivity index (χ2v) is 4.65. The number of aryl methyl sites for hydroxylation is 1. The van der Waals surface area contributed by atoms with Gasteiger partial charge in [-0.3, -0.25) is 0 Å². The zero-order valence-electron chi connectivity index (χ0n) is 11.3. The van der Waals surface area contributed by atoms with E-state index in [2.05, 4.69) is 27.7 Å². The van der Waals surface area contributed by atoms with Crippen LogP contribution in [-0.2, 0) is 12.8 Å². The maximum atomic E-state index is 11.5. The van der Waals surface area contributed by atoms with Gasteiger partial charge in [0.2, 0.25) is 0 Å². The number of hydrogen-bond donors (Lipinski definition) is 2. The van der Waals surface area contributed by atoms with E-state index in [1.807, 2.05) is 13.8 Å². The molecule has 0 fully saturated rings. The Morgan fingerprint density at radius 2 is 2.00 bits per heavy atom. The van der Waals surface area contributed by atoms with Crippen LogP contribution >= 0.6 is 0 Å². The molecule has 5 heteroatoms. The van der Waals surface area contributed by atoms with Crippen LogP contribution in [0.3, 0.4) is 0 Å². The number of hydrogen-bond acceptors (Lipinski definition) is 4. The number of carboxylic acids is 1. The van der Waals surface area contributed by atoms with Crippen molar-refractivity contribution >= 4 is 11.8 Å². The molecule has 0 amide bonds. The summed E-state index contributed by atoms with van der Waals surface area (Å²) in [6.07, 6.45) is 7.33. The Bertz CT molecular complexity index is 504. The Balaban J connectivity index is 2.39. The molecule has 1 aromatic rings. The molecule has 2 N–H and O–H groups in total. The van der Waals surface area contributed by atoms with E-state index in [4.69, 9.17) is 0 Å². The molecular formula is C14H19N3O2. The summed E-state index contributed by atoms with van der Waals surface area (Å²) in [4.78, 5) is 11.5. The number of anilines is 1. The minimum atomic E-state index is -0.935. The molecule has 0 atom stereocenters. The number of nitrogens with one attached hydrogen (secondary N) is 1. The fourth-order valence-electron chi connectivity index (χ4n) is 2.43. The first-order valence-electron chi connectivity index (χ1n) is 6.70. The number of aromatic nitrogens is 2. The van der Waals surface area contributed by atoms with Gasteiger partial charge < -0.3 is 10.4 Å². The first kappa shape index (κ1) is 13.5. The number of nitrogens with zero attached hydrogens (tertiary/aromatic N) is 2. The van der Waals surface area contributed by atoms with Crippen molar-refractivity contribution in [2.75, 3.05) is 5.32 Å². The van der Waals surface area contributed by atoms with Crippen LogP contribution in [0.2, 0.25) is 0 Å². The quantitative estimate of drug-likeness (QED) is 0.796. The van der Waals surface area contributed by atoms with E-state index in [-0.39, 0.29) is 11.6 Å². The average molecular weight is 261 g/mol. The molecule has 1 aliphatic rings. The van der Waals surface area contributed by atoms with E-state index in [0.29, 0.717) is 18.7 Å². The van der Waals surface area contributed by atoms with Gasteiger partial charge in [-0.25, -0.2) is 4.79 Å². The van der Waals surface area contributed by atoms with Gasteiger partial charge in [-0.1, -0.05) is 26.0 Å². The zero-order valence-corrected chi connectivity index (χ0v) is 11.3. The van der Waals surface area contributed by atoms with Crippen molar-refractivity contribution in [2.24, 2.45) is 0 Å². The van der Waals surface area contributed by atoms with Crippen molar-refractivity contribution in [1.82, 2.24) is 10.2 Å². The second kappa shape index (κ2) is 5.82. The summed E-state index contributed by atoms with van der Waals surface area (Å²) < 4.78 is 0. The lowest BCUT2D eigenvalue weighted by atomic mass is 10.0. The summed E-state index contributed by atoms with van der Waals surface area (Å²) >= 11 is 0. The molecule has 1 aliphatic carbocycles. The van der Waals surface area contributed by atoms with Crippen LogP contribution < -0.4 is 5.32 Å². The molecule has 5 nitrogen and oxygen atoms in total. The zero-order chi connectivity index (χ0) is 13.8. The van der Waals surface area contributed by atoms with Gasteiger partial charge >= 0.3 is 5.97 Å². The number of carboxylic acid groups (broad SMARTS) is 1. The lowest BCUT2D eigenvalue weighted by Gasteiger charge is -2.17. The molecule has 19 heavy (non-hydrogen) atoms. The van der Waals surface area contributed by atoms with Gasteiger partial charge in [0.25, 0.3) is 0 Å². The molecule has 0 spiro atoms. The van der Waals surface area contributed by atoms with Crippen LogP contribution in [0.1, 0.15) is 48.3 Å². The highest BCUT2D eigenvalue weighted by Crippen LogP contribution is 2.23. The number of carbonyl (C=O) groups is 1. The molecule has 1 heterocycles. The highest BCUT2D eigenvalue weighted by Gasteiger charge is 2.22. The lowest BCUT2D eigenvalue weighted by Crippen LogP contribution is -2.21. The Morgan fingerprint density at radius 1 is 1.32 bits per heavy atom. The molecule has 1 aromatic heterocycles. The third kappa shape index (κ3) is 2.75. The lowest BCUT2D eigenvalue weighted by molar-refractivity contribution is 0.0696. The van der Waals surface area contributed by atoms with Gasteiger partial charge in [0.1, 0.15) is 5.56 Å². The minimum absolute atomic E-state index is 0.226. The van der Waals surface area contributed by atoms with E-state index in [1.165, 1.54) is 0 Å². The minimum Gasteiger partial charge on any atom is -0.478 e. The smallest absolute Gasteiger partial charge is 0.339 e. The Kier molecular flexibility index (Phi) is 4.14. The van der Waals surface area contributed by atoms with Gasteiger partial charge in [0.05, 0.1) is 5.69 Å². The monoisotopic (exact) mass is 261 g/mol. The van der Waals surface area contributed by atoms with E-state index >= 15 is 0 Å². The molecule has 0 aromatic carbocycles. The van der Waals surface area contributed by atoms with Crippen LogP contribution in [0.25, 0.3) is 0 Å². The van der Waals surface area contributed by atoms with Crippen molar-refractivity contribution < 1.29 is 9.90 Å². The largest absolute Gasteiger partial charge is 0.478 e. The van der Waals surface area contributed by atoms with Gasteiger partial charge in [0, 0.05) is 6.04 Å². The summed E-state index contributed by atoms with van der Waals surface area (Å²) in [5, 5.41) is 20.9. The van der Waals surface area contributed by atoms with Crippen molar-refractivity contribution in [3.63, 3.8) is 0 Å². The molecule has 0 bridgehead atoms. The molecular weight excluding hydrogens is 242 g/mol. The Labute approximate surface area is 112 Å². The van der Waals surface area contributed by atoms with Crippen molar-refractivity contribution in [2.45, 2.75) is 45.6 Å². The number of rotatable bonds is 5. The summed E-state index contributed by atoms with van der Waals surface area (Å²) in [7, 11) is 0. The fourth-order valence-corrected chi connectivity index (χ4v) is 2.43. The van der Waals surface area contributed by atoms with Crippen molar-refractivity contribution in [3.8, 4) is 0 Å².